The molecule has 0 aromatic carbocycles. The first-order valence-corrected chi connectivity index (χ1v) is 15.9. The Kier molecular flexibility index (Phi) is 9.17. The van der Waals surface area contributed by atoms with Gasteiger partial charge in [-0.05, 0) is 108 Å². The lowest BCUT2D eigenvalue weighted by atomic mass is 9.46. The van der Waals surface area contributed by atoms with Gasteiger partial charge in [0.15, 0.2) is 0 Å². The van der Waals surface area contributed by atoms with Gasteiger partial charge in [-0.2, -0.15) is 0 Å². The maximum absolute atomic E-state index is 2.75. The van der Waals surface area contributed by atoms with Crippen molar-refractivity contribution >= 4 is 45.2 Å². The molecule has 0 saturated heterocycles. The van der Waals surface area contributed by atoms with Crippen LogP contribution in [0.5, 0.6) is 0 Å². The summed E-state index contributed by atoms with van der Waals surface area (Å²) in [5.74, 6) is 6.91. The lowest BCUT2D eigenvalue weighted by Crippen LogP contribution is -2.52. The average Bonchev–Trinajstić information content (AvgIpc) is 3.01. The minimum absolute atomic E-state index is 0.623. The van der Waals surface area contributed by atoms with Crippen molar-refractivity contribution in [3.63, 3.8) is 0 Å². The monoisotopic (exact) mass is 626 g/mol. The van der Waals surface area contributed by atoms with E-state index in [1.54, 1.807) is 12.8 Å². The Hall–Kier alpha value is 1.46. The summed E-state index contributed by atoms with van der Waals surface area (Å²) in [5.41, 5.74) is 1.28. The van der Waals surface area contributed by atoms with Gasteiger partial charge in [0.25, 0.3) is 0 Å². The number of fused-ring (bicyclic) bond motifs is 3. The van der Waals surface area contributed by atoms with E-state index in [1.807, 2.05) is 0 Å². The Balaban J connectivity index is 1.73. The normalized spacial score (nSPS) is 43.2. The molecule has 0 aromatic heterocycles. The fourth-order valence-corrected chi connectivity index (χ4v) is 10.7. The first-order valence-electron chi connectivity index (χ1n) is 12.9. The van der Waals surface area contributed by atoms with Crippen LogP contribution in [0.25, 0.3) is 0 Å². The van der Waals surface area contributed by atoms with Crippen LogP contribution in [0.4, 0.5) is 0 Å². The fraction of sp³-hybridized carbons (Fsp3) is 1.00. The van der Waals surface area contributed by atoms with Gasteiger partial charge in [-0.1, -0.05) is 99.1 Å². The molecule has 2 heteroatoms. The second-order valence-corrected chi connectivity index (χ2v) is 14.3. The van der Waals surface area contributed by atoms with Crippen LogP contribution >= 0.6 is 45.2 Å². The lowest BCUT2D eigenvalue weighted by molar-refractivity contribution is -0.101. The molecule has 0 N–H and O–H groups in total. The van der Waals surface area contributed by atoms with E-state index in [1.165, 1.54) is 66.6 Å². The number of hydrogen-bond acceptors (Lipinski definition) is 0. The predicted octanol–water partition coefficient (Wildman–Crippen LogP) is 9.57. The van der Waals surface area contributed by atoms with Crippen molar-refractivity contribution in [2.45, 2.75) is 105 Å². The Morgan fingerprint density at radius 1 is 0.862 bits per heavy atom. The summed E-state index contributed by atoms with van der Waals surface area (Å²) < 4.78 is 2.71. The molecule has 0 spiro atoms. The largest absolute Gasteiger partial charge is 0.0864 e. The molecule has 8 atom stereocenters. The van der Waals surface area contributed by atoms with Gasteiger partial charge in [0.1, 0.15) is 0 Å². The van der Waals surface area contributed by atoms with Crippen LogP contribution in [0.2, 0.25) is 0 Å². The molecule has 3 rings (SSSR count). The second kappa shape index (κ2) is 10.6. The highest BCUT2D eigenvalue weighted by Crippen LogP contribution is 2.67. The molecule has 3 fully saturated rings. The van der Waals surface area contributed by atoms with Crippen LogP contribution in [0.1, 0.15) is 105 Å². The van der Waals surface area contributed by atoms with Crippen LogP contribution in [-0.4, -0.2) is 8.86 Å². The van der Waals surface area contributed by atoms with Gasteiger partial charge < -0.3 is 0 Å². The summed E-state index contributed by atoms with van der Waals surface area (Å²) in [5, 5.41) is 0. The zero-order chi connectivity index (χ0) is 21.2. The van der Waals surface area contributed by atoms with E-state index in [9.17, 15) is 0 Å². The van der Waals surface area contributed by atoms with E-state index in [-0.39, 0.29) is 0 Å². The van der Waals surface area contributed by atoms with Gasteiger partial charge in [-0.15, -0.1) is 0 Å². The Morgan fingerprint density at radius 3 is 2.28 bits per heavy atom. The highest BCUT2D eigenvalue weighted by atomic mass is 127. The number of alkyl halides is 2. The highest BCUT2D eigenvalue weighted by molar-refractivity contribution is 14.1. The second-order valence-electron chi connectivity index (χ2n) is 12.1. The van der Waals surface area contributed by atoms with Crippen molar-refractivity contribution in [3.8, 4) is 0 Å². The topological polar surface area (TPSA) is 0 Å². The zero-order valence-corrected chi connectivity index (χ0v) is 24.3. The SMILES string of the molecule is CC(C)CCC[C@@H](C)[C@H]1CC[C@H]2[C@H]3CC[C@@H](CCI)[C@@](C)(CCI)[C@@H]3CC[C@]12C. The van der Waals surface area contributed by atoms with Crippen molar-refractivity contribution < 1.29 is 0 Å². The number of halogens is 2. The standard InChI is InChI=1S/C27H48I2/c1-19(2)7-6-8-20(3)23-11-12-24-22-10-9-21(14-17-28)26(4,16-18-29)25(22)13-15-27(23,24)5/h19-25H,6-18H2,1-5H3/t20-,21+,22-,23-,24+,25-,26-,27-/m1/s1. The molecule has 0 aromatic rings. The smallest absolute Gasteiger partial charge is 0.0000661 e. The predicted molar refractivity (Wildman–Crippen MR) is 146 cm³/mol. The summed E-state index contributed by atoms with van der Waals surface area (Å²) in [6.07, 6.45) is 16.5. The first kappa shape index (κ1) is 25.1. The van der Waals surface area contributed by atoms with E-state index in [0.29, 0.717) is 10.8 Å². The maximum atomic E-state index is 2.75. The molecule has 0 heterocycles. The molecule has 0 aliphatic heterocycles. The van der Waals surface area contributed by atoms with Crippen LogP contribution in [0.3, 0.4) is 0 Å². The Morgan fingerprint density at radius 2 is 1.62 bits per heavy atom. The third-order valence-electron chi connectivity index (χ3n) is 10.4. The summed E-state index contributed by atoms with van der Waals surface area (Å²) in [6, 6.07) is 0. The Labute approximate surface area is 210 Å². The molecule has 0 nitrogen and oxygen atoms in total. The highest BCUT2D eigenvalue weighted by Gasteiger charge is 2.59. The van der Waals surface area contributed by atoms with Crippen molar-refractivity contribution in [3.05, 3.63) is 0 Å². The number of rotatable bonds is 9. The van der Waals surface area contributed by atoms with Crippen LogP contribution < -0.4 is 0 Å². The third-order valence-corrected chi connectivity index (χ3v) is 11.5. The van der Waals surface area contributed by atoms with Crippen LogP contribution in [0, 0.1) is 52.3 Å². The van der Waals surface area contributed by atoms with Gasteiger partial charge in [-0.25, -0.2) is 0 Å². The van der Waals surface area contributed by atoms with Crippen molar-refractivity contribution in [2.24, 2.45) is 52.3 Å². The molecule has 0 bridgehead atoms. The first-order chi connectivity index (χ1) is 13.8. The van der Waals surface area contributed by atoms with Gasteiger partial charge in [0.2, 0.25) is 0 Å². The molecule has 0 amide bonds. The van der Waals surface area contributed by atoms with Gasteiger partial charge >= 0.3 is 0 Å². The molecule has 0 unspecified atom stereocenters. The molecule has 170 valence electrons. The Bertz CT molecular complexity index is 517. The van der Waals surface area contributed by atoms with E-state index in [2.05, 4.69) is 79.8 Å². The van der Waals surface area contributed by atoms with E-state index < -0.39 is 0 Å². The zero-order valence-electron chi connectivity index (χ0n) is 20.0. The van der Waals surface area contributed by atoms with Crippen LogP contribution in [0.15, 0.2) is 0 Å². The third kappa shape index (κ3) is 5.03. The number of hydrogen-bond donors (Lipinski definition) is 0. The summed E-state index contributed by atoms with van der Waals surface area (Å²) in [7, 11) is 0. The van der Waals surface area contributed by atoms with Gasteiger partial charge in [0.05, 0.1) is 0 Å². The van der Waals surface area contributed by atoms with Crippen molar-refractivity contribution in [1.29, 1.82) is 0 Å². The molecule has 0 radical (unpaired) electrons. The molecular weight excluding hydrogens is 578 g/mol. The minimum atomic E-state index is 0.623. The summed E-state index contributed by atoms with van der Waals surface area (Å²) >= 11 is 5.29. The lowest BCUT2D eigenvalue weighted by Gasteiger charge is -2.59. The summed E-state index contributed by atoms with van der Waals surface area (Å²) in [4.78, 5) is 0. The maximum Gasteiger partial charge on any atom is 0.0000661 e. The van der Waals surface area contributed by atoms with E-state index in [0.717, 1.165) is 41.4 Å². The fourth-order valence-electron chi connectivity index (χ4n) is 8.76. The quantitative estimate of drug-likeness (QED) is 0.177. The molecule has 3 aliphatic carbocycles. The van der Waals surface area contributed by atoms with Crippen LogP contribution in [-0.2, 0) is 0 Å². The molecule has 29 heavy (non-hydrogen) atoms. The minimum Gasteiger partial charge on any atom is -0.0864 e. The summed E-state index contributed by atoms with van der Waals surface area (Å²) in [6.45, 7) is 12.9. The van der Waals surface area contributed by atoms with Gasteiger partial charge in [0, 0.05) is 4.43 Å². The average molecular weight is 626 g/mol. The van der Waals surface area contributed by atoms with E-state index >= 15 is 0 Å². The van der Waals surface area contributed by atoms with Crippen molar-refractivity contribution in [2.75, 3.05) is 8.86 Å². The molecule has 3 aliphatic rings. The van der Waals surface area contributed by atoms with Gasteiger partial charge in [-0.3, -0.25) is 0 Å². The molecular formula is C27H48I2. The van der Waals surface area contributed by atoms with Crippen molar-refractivity contribution in [1.82, 2.24) is 0 Å². The molecule has 3 saturated carbocycles. The van der Waals surface area contributed by atoms with E-state index in [4.69, 9.17) is 0 Å².